The minimum Gasteiger partial charge on any atom is -0.333 e. The van der Waals surface area contributed by atoms with E-state index in [1.54, 1.807) is 12.3 Å². The number of nitrogens with two attached hydrogens (primary N) is 1. The highest BCUT2D eigenvalue weighted by atomic mass is 16.1. The third kappa shape index (κ3) is 1.07. The molecule has 0 spiro atoms. The second-order valence-corrected chi connectivity index (χ2v) is 1.79. The fourth-order valence-corrected chi connectivity index (χ4v) is 0.606. The molecule has 1 aliphatic heterocycles. The molecule has 3 N–H and O–H groups in total. The van der Waals surface area contributed by atoms with Gasteiger partial charge in [-0.1, -0.05) is 6.08 Å². The molecule has 0 fully saturated rings. The third-order valence-corrected chi connectivity index (χ3v) is 1.01. The molecule has 0 aromatic heterocycles. The summed E-state index contributed by atoms with van der Waals surface area (Å²) in [6, 6.07) is -0.0799. The summed E-state index contributed by atoms with van der Waals surface area (Å²) in [6.07, 6.45) is 3.76. The van der Waals surface area contributed by atoms with Crippen molar-refractivity contribution >= 4 is 5.91 Å². The molecule has 8 heavy (non-hydrogen) atoms. The highest BCUT2D eigenvalue weighted by Crippen LogP contribution is 1.94. The van der Waals surface area contributed by atoms with Gasteiger partial charge in [0.1, 0.15) is 0 Å². The Kier molecular flexibility index (Phi) is 1.30. The van der Waals surface area contributed by atoms with E-state index in [0.717, 1.165) is 0 Å². The maximum Gasteiger partial charge on any atom is 0.225 e. The molecule has 3 heteroatoms. The molecule has 1 aliphatic rings. The lowest BCUT2D eigenvalue weighted by Crippen LogP contribution is -2.32. The Morgan fingerprint density at radius 2 is 2.62 bits per heavy atom. The Bertz CT molecular complexity index is 130. The van der Waals surface area contributed by atoms with Crippen LogP contribution in [0.15, 0.2) is 12.3 Å². The lowest BCUT2D eigenvalue weighted by molar-refractivity contribution is -0.120. The van der Waals surface area contributed by atoms with Crippen LogP contribution in [0, 0.1) is 0 Å². The van der Waals surface area contributed by atoms with Crippen molar-refractivity contribution in [2.45, 2.75) is 12.5 Å². The van der Waals surface area contributed by atoms with E-state index in [1.165, 1.54) is 0 Å². The fraction of sp³-hybridized carbons (Fsp3) is 0.400. The minimum atomic E-state index is -0.0799. The zero-order chi connectivity index (χ0) is 5.98. The highest BCUT2D eigenvalue weighted by Gasteiger charge is 2.08. The number of rotatable bonds is 0. The average molecular weight is 112 g/mol. The predicted octanol–water partition coefficient (Wildman–Crippen LogP) is -0.653. The summed E-state index contributed by atoms with van der Waals surface area (Å²) in [6.45, 7) is 0. The molecule has 0 bridgehead atoms. The smallest absolute Gasteiger partial charge is 0.225 e. The maximum absolute atomic E-state index is 10.4. The van der Waals surface area contributed by atoms with Gasteiger partial charge in [-0.3, -0.25) is 4.79 Å². The molecule has 44 valence electrons. The van der Waals surface area contributed by atoms with E-state index in [2.05, 4.69) is 5.32 Å². The van der Waals surface area contributed by atoms with E-state index in [-0.39, 0.29) is 11.9 Å². The lowest BCUT2D eigenvalue weighted by atomic mass is 10.2. The lowest BCUT2D eigenvalue weighted by Gasteiger charge is -2.09. The second-order valence-electron chi connectivity index (χ2n) is 1.79. The number of amides is 1. The van der Waals surface area contributed by atoms with Crippen molar-refractivity contribution in [2.75, 3.05) is 0 Å². The fourth-order valence-electron chi connectivity index (χ4n) is 0.606. The summed E-state index contributed by atoms with van der Waals surface area (Å²) in [7, 11) is 0. The number of hydrogen-bond acceptors (Lipinski definition) is 2. The van der Waals surface area contributed by atoms with E-state index < -0.39 is 0 Å². The van der Waals surface area contributed by atoms with Crippen LogP contribution in [0.5, 0.6) is 0 Å². The highest BCUT2D eigenvalue weighted by molar-refractivity contribution is 5.78. The van der Waals surface area contributed by atoms with E-state index in [9.17, 15) is 4.79 Å². The van der Waals surface area contributed by atoms with Gasteiger partial charge in [-0.2, -0.15) is 0 Å². The van der Waals surface area contributed by atoms with Gasteiger partial charge in [0.05, 0.1) is 0 Å². The summed E-state index contributed by atoms with van der Waals surface area (Å²) < 4.78 is 0. The Labute approximate surface area is 47.6 Å². The van der Waals surface area contributed by atoms with E-state index >= 15 is 0 Å². The van der Waals surface area contributed by atoms with Crippen molar-refractivity contribution in [2.24, 2.45) is 5.73 Å². The van der Waals surface area contributed by atoms with Crippen LogP contribution < -0.4 is 11.1 Å². The molecule has 0 aromatic rings. The predicted molar refractivity (Wildman–Crippen MR) is 29.9 cm³/mol. The van der Waals surface area contributed by atoms with Crippen LogP contribution in [0.25, 0.3) is 0 Å². The van der Waals surface area contributed by atoms with Crippen LogP contribution in [0.4, 0.5) is 0 Å². The Morgan fingerprint density at radius 1 is 1.88 bits per heavy atom. The molecular formula is C5H8N2O. The molecule has 0 saturated carbocycles. The van der Waals surface area contributed by atoms with Crippen LogP contribution in [0.3, 0.4) is 0 Å². The van der Waals surface area contributed by atoms with Crippen LogP contribution in [-0.2, 0) is 4.79 Å². The summed E-state index contributed by atoms with van der Waals surface area (Å²) in [5, 5.41) is 2.51. The molecule has 0 unspecified atom stereocenters. The first kappa shape index (κ1) is 5.31. The van der Waals surface area contributed by atoms with Gasteiger partial charge in [-0.25, -0.2) is 0 Å². The van der Waals surface area contributed by atoms with Crippen molar-refractivity contribution < 1.29 is 4.79 Å². The first-order valence-corrected chi connectivity index (χ1v) is 2.50. The minimum absolute atomic E-state index is 0.000000000000000222. The molecule has 0 radical (unpaired) electrons. The molecule has 0 aromatic carbocycles. The third-order valence-electron chi connectivity index (χ3n) is 1.01. The standard InChI is InChI=1S/C5H8N2O/c6-4-1-2-7-5(8)3-4/h1-2,4H,3,6H2,(H,7,8)/t4-/m1/s1. The molecule has 1 atom stereocenters. The van der Waals surface area contributed by atoms with Crippen LogP contribution in [-0.4, -0.2) is 11.9 Å². The van der Waals surface area contributed by atoms with Crippen molar-refractivity contribution in [3.63, 3.8) is 0 Å². The van der Waals surface area contributed by atoms with Gasteiger partial charge in [0.15, 0.2) is 0 Å². The van der Waals surface area contributed by atoms with Crippen LogP contribution in [0.1, 0.15) is 6.42 Å². The van der Waals surface area contributed by atoms with E-state index in [0.29, 0.717) is 6.42 Å². The van der Waals surface area contributed by atoms with Crippen LogP contribution >= 0.6 is 0 Å². The number of nitrogens with one attached hydrogen (secondary N) is 1. The van der Waals surface area contributed by atoms with Gasteiger partial charge in [0.25, 0.3) is 0 Å². The van der Waals surface area contributed by atoms with Crippen molar-refractivity contribution in [3.05, 3.63) is 12.3 Å². The first-order valence-electron chi connectivity index (χ1n) is 2.50. The van der Waals surface area contributed by atoms with Gasteiger partial charge in [0, 0.05) is 18.7 Å². The van der Waals surface area contributed by atoms with Crippen LogP contribution in [0.2, 0.25) is 0 Å². The monoisotopic (exact) mass is 112 g/mol. The van der Waals surface area contributed by atoms with E-state index in [1.807, 2.05) is 0 Å². The van der Waals surface area contributed by atoms with Crippen molar-refractivity contribution in [1.82, 2.24) is 5.32 Å². The summed E-state index contributed by atoms with van der Waals surface area (Å²) >= 11 is 0. The number of carbonyl (C=O) groups excluding carboxylic acids is 1. The van der Waals surface area contributed by atoms with E-state index in [4.69, 9.17) is 5.73 Å². The van der Waals surface area contributed by atoms with Crippen molar-refractivity contribution in [3.8, 4) is 0 Å². The quantitative estimate of drug-likeness (QED) is 0.437. The molecular weight excluding hydrogens is 104 g/mol. The van der Waals surface area contributed by atoms with Crippen molar-refractivity contribution in [1.29, 1.82) is 0 Å². The summed E-state index contributed by atoms with van der Waals surface area (Å²) in [5.74, 6) is 0.000000000000000222. The number of hydrogen-bond donors (Lipinski definition) is 2. The molecule has 1 amide bonds. The molecule has 0 aliphatic carbocycles. The molecule has 1 rings (SSSR count). The maximum atomic E-state index is 10.4. The van der Waals surface area contributed by atoms with Gasteiger partial charge in [-0.05, 0) is 0 Å². The molecule has 1 heterocycles. The SMILES string of the molecule is N[C@@H]1C=CNC(=O)C1. The van der Waals surface area contributed by atoms with Gasteiger partial charge >= 0.3 is 0 Å². The van der Waals surface area contributed by atoms with Gasteiger partial charge in [-0.15, -0.1) is 0 Å². The zero-order valence-electron chi connectivity index (χ0n) is 4.42. The second kappa shape index (κ2) is 1.96. The first-order chi connectivity index (χ1) is 3.79. The Balaban J connectivity index is 2.54. The Morgan fingerprint density at radius 3 is 3.00 bits per heavy atom. The summed E-state index contributed by atoms with van der Waals surface area (Å²) in [5.41, 5.74) is 5.38. The van der Waals surface area contributed by atoms with Gasteiger partial charge < -0.3 is 11.1 Å². The molecule has 3 nitrogen and oxygen atoms in total. The largest absolute Gasteiger partial charge is 0.333 e. The topological polar surface area (TPSA) is 55.1 Å². The zero-order valence-corrected chi connectivity index (χ0v) is 4.42. The normalized spacial score (nSPS) is 27.6. The average Bonchev–Trinajstić information content (AvgIpc) is 1.64. The van der Waals surface area contributed by atoms with Gasteiger partial charge in [0.2, 0.25) is 5.91 Å². The Hall–Kier alpha value is -0.830. The number of carbonyl (C=O) groups is 1. The summed E-state index contributed by atoms with van der Waals surface area (Å²) in [4.78, 5) is 10.4. The molecule has 0 saturated heterocycles.